The van der Waals surface area contributed by atoms with Gasteiger partial charge in [-0.25, -0.2) is 0 Å². The number of carbonyl (C=O) groups excluding carboxylic acids is 1. The Labute approximate surface area is 100 Å². The van der Waals surface area contributed by atoms with E-state index in [0.29, 0.717) is 12.5 Å². The summed E-state index contributed by atoms with van der Waals surface area (Å²) < 4.78 is 4.91. The Bertz CT molecular complexity index is 197. The van der Waals surface area contributed by atoms with E-state index < -0.39 is 0 Å². The summed E-state index contributed by atoms with van der Waals surface area (Å²) in [6.07, 6.45) is 11.7. The van der Waals surface area contributed by atoms with Gasteiger partial charge >= 0.3 is 5.97 Å². The van der Waals surface area contributed by atoms with Crippen LogP contribution in [0.5, 0.6) is 0 Å². The lowest BCUT2D eigenvalue weighted by Crippen LogP contribution is -2.04. The average molecular weight is 226 g/mol. The van der Waals surface area contributed by atoms with Gasteiger partial charge in [-0.2, -0.15) is 0 Å². The molecule has 0 saturated carbocycles. The van der Waals surface area contributed by atoms with E-state index in [9.17, 15) is 4.79 Å². The van der Waals surface area contributed by atoms with Gasteiger partial charge in [0.1, 0.15) is 0 Å². The molecule has 0 aliphatic rings. The second-order valence-corrected chi connectivity index (χ2v) is 4.44. The molecule has 16 heavy (non-hydrogen) atoms. The van der Waals surface area contributed by atoms with E-state index in [-0.39, 0.29) is 5.97 Å². The molecule has 0 aliphatic carbocycles. The molecule has 0 aromatic heterocycles. The van der Waals surface area contributed by atoms with Crippen LogP contribution < -0.4 is 0 Å². The number of hydrogen-bond acceptors (Lipinski definition) is 2. The standard InChI is InChI=1S/C14H26O2/c1-4-5-6-7-8-9-10-13(2)11-12-16-14(3)15/h8-9,13H,4-7,10-12H2,1-3H3. The van der Waals surface area contributed by atoms with Crippen LogP contribution >= 0.6 is 0 Å². The van der Waals surface area contributed by atoms with Gasteiger partial charge in [0.15, 0.2) is 0 Å². The molecule has 0 heterocycles. The lowest BCUT2D eigenvalue weighted by Gasteiger charge is -2.08. The first kappa shape index (κ1) is 15.2. The topological polar surface area (TPSA) is 26.3 Å². The quantitative estimate of drug-likeness (QED) is 0.336. The fourth-order valence-corrected chi connectivity index (χ4v) is 1.48. The van der Waals surface area contributed by atoms with Crippen molar-refractivity contribution in [3.05, 3.63) is 12.2 Å². The van der Waals surface area contributed by atoms with Crippen molar-refractivity contribution in [3.63, 3.8) is 0 Å². The summed E-state index contributed by atoms with van der Waals surface area (Å²) in [5, 5.41) is 0. The maximum absolute atomic E-state index is 10.5. The van der Waals surface area contributed by atoms with Crippen molar-refractivity contribution in [3.8, 4) is 0 Å². The number of hydrogen-bond donors (Lipinski definition) is 0. The largest absolute Gasteiger partial charge is 0.466 e. The summed E-state index contributed by atoms with van der Waals surface area (Å²) in [4.78, 5) is 10.5. The zero-order chi connectivity index (χ0) is 12.2. The highest BCUT2D eigenvalue weighted by molar-refractivity contribution is 5.65. The molecule has 1 atom stereocenters. The van der Waals surface area contributed by atoms with Gasteiger partial charge in [-0.15, -0.1) is 0 Å². The minimum absolute atomic E-state index is 0.178. The van der Waals surface area contributed by atoms with Gasteiger partial charge in [0.25, 0.3) is 0 Å². The van der Waals surface area contributed by atoms with Crippen LogP contribution in [0.3, 0.4) is 0 Å². The number of carbonyl (C=O) groups is 1. The van der Waals surface area contributed by atoms with Gasteiger partial charge in [0.2, 0.25) is 0 Å². The highest BCUT2D eigenvalue weighted by atomic mass is 16.5. The normalized spacial score (nSPS) is 12.9. The summed E-state index contributed by atoms with van der Waals surface area (Å²) >= 11 is 0. The van der Waals surface area contributed by atoms with Crippen molar-refractivity contribution < 1.29 is 9.53 Å². The maximum atomic E-state index is 10.5. The molecule has 2 heteroatoms. The van der Waals surface area contributed by atoms with Gasteiger partial charge < -0.3 is 4.74 Å². The van der Waals surface area contributed by atoms with Gasteiger partial charge in [0, 0.05) is 6.92 Å². The molecule has 0 bridgehead atoms. The Balaban J connectivity index is 3.34. The first-order valence-electron chi connectivity index (χ1n) is 6.45. The zero-order valence-corrected chi connectivity index (χ0v) is 11.0. The minimum atomic E-state index is -0.178. The Kier molecular flexibility index (Phi) is 10.2. The number of ether oxygens (including phenoxy) is 1. The molecule has 0 fully saturated rings. The zero-order valence-electron chi connectivity index (χ0n) is 11.0. The molecule has 0 aliphatic heterocycles. The van der Waals surface area contributed by atoms with Gasteiger partial charge in [-0.3, -0.25) is 4.79 Å². The summed E-state index contributed by atoms with van der Waals surface area (Å²) in [6.45, 7) is 6.43. The third-order valence-electron chi connectivity index (χ3n) is 2.60. The van der Waals surface area contributed by atoms with Crippen LogP contribution in [-0.4, -0.2) is 12.6 Å². The van der Waals surface area contributed by atoms with E-state index in [1.165, 1.54) is 32.6 Å². The van der Waals surface area contributed by atoms with Crippen LogP contribution in [0.2, 0.25) is 0 Å². The average Bonchev–Trinajstić information content (AvgIpc) is 2.22. The smallest absolute Gasteiger partial charge is 0.302 e. The van der Waals surface area contributed by atoms with Crippen molar-refractivity contribution in [2.45, 2.75) is 59.3 Å². The molecule has 94 valence electrons. The molecule has 0 aromatic rings. The first-order valence-corrected chi connectivity index (χ1v) is 6.45. The lowest BCUT2D eigenvalue weighted by molar-refractivity contribution is -0.141. The number of rotatable bonds is 9. The van der Waals surface area contributed by atoms with Crippen molar-refractivity contribution in [2.75, 3.05) is 6.61 Å². The van der Waals surface area contributed by atoms with Crippen LogP contribution in [0.15, 0.2) is 12.2 Å². The summed E-state index contributed by atoms with van der Waals surface area (Å²) in [7, 11) is 0. The molecule has 1 unspecified atom stereocenters. The molecule has 0 radical (unpaired) electrons. The molecular formula is C14H26O2. The van der Waals surface area contributed by atoms with E-state index in [1.807, 2.05) is 0 Å². The molecule has 0 N–H and O–H groups in total. The highest BCUT2D eigenvalue weighted by Crippen LogP contribution is 2.09. The molecular weight excluding hydrogens is 200 g/mol. The lowest BCUT2D eigenvalue weighted by atomic mass is 10.0. The number of unbranched alkanes of at least 4 members (excludes halogenated alkanes) is 3. The van der Waals surface area contributed by atoms with Crippen molar-refractivity contribution in [1.29, 1.82) is 0 Å². The molecule has 0 spiro atoms. The molecule has 0 amide bonds. The van der Waals surface area contributed by atoms with Gasteiger partial charge in [-0.1, -0.05) is 38.8 Å². The summed E-state index contributed by atoms with van der Waals surface area (Å²) in [5.74, 6) is 0.420. The van der Waals surface area contributed by atoms with E-state index >= 15 is 0 Å². The fraction of sp³-hybridized carbons (Fsp3) is 0.786. The Morgan fingerprint density at radius 2 is 2.06 bits per heavy atom. The van der Waals surface area contributed by atoms with Crippen molar-refractivity contribution in [2.24, 2.45) is 5.92 Å². The van der Waals surface area contributed by atoms with E-state index in [4.69, 9.17) is 4.74 Å². The summed E-state index contributed by atoms with van der Waals surface area (Å²) in [5.41, 5.74) is 0. The second-order valence-electron chi connectivity index (χ2n) is 4.44. The molecule has 0 aromatic carbocycles. The first-order chi connectivity index (χ1) is 7.66. The Hall–Kier alpha value is -0.790. The van der Waals surface area contributed by atoms with Crippen LogP contribution in [0, 0.1) is 5.92 Å². The van der Waals surface area contributed by atoms with E-state index in [0.717, 1.165) is 12.8 Å². The SMILES string of the molecule is CCCCCC=CCC(C)CCOC(C)=O. The van der Waals surface area contributed by atoms with Crippen molar-refractivity contribution in [1.82, 2.24) is 0 Å². The fourth-order valence-electron chi connectivity index (χ4n) is 1.48. The monoisotopic (exact) mass is 226 g/mol. The van der Waals surface area contributed by atoms with Crippen LogP contribution in [0.4, 0.5) is 0 Å². The number of allylic oxidation sites excluding steroid dienone is 2. The molecule has 0 rings (SSSR count). The number of esters is 1. The van der Waals surface area contributed by atoms with Crippen LogP contribution in [0.25, 0.3) is 0 Å². The minimum Gasteiger partial charge on any atom is -0.466 e. The highest BCUT2D eigenvalue weighted by Gasteiger charge is 2.00. The molecule has 0 saturated heterocycles. The summed E-state index contributed by atoms with van der Waals surface area (Å²) in [6, 6.07) is 0. The van der Waals surface area contributed by atoms with E-state index in [2.05, 4.69) is 26.0 Å². The third-order valence-corrected chi connectivity index (χ3v) is 2.60. The van der Waals surface area contributed by atoms with Crippen LogP contribution in [-0.2, 0) is 9.53 Å². The second kappa shape index (κ2) is 10.7. The van der Waals surface area contributed by atoms with Crippen molar-refractivity contribution >= 4 is 5.97 Å². The third kappa shape index (κ3) is 11.3. The molecule has 2 nitrogen and oxygen atoms in total. The predicted molar refractivity (Wildman–Crippen MR) is 68.3 cm³/mol. The van der Waals surface area contributed by atoms with Gasteiger partial charge in [0.05, 0.1) is 6.61 Å². The van der Waals surface area contributed by atoms with E-state index in [1.54, 1.807) is 0 Å². The maximum Gasteiger partial charge on any atom is 0.302 e. The predicted octanol–water partition coefficient (Wildman–Crippen LogP) is 4.10. The van der Waals surface area contributed by atoms with Gasteiger partial charge in [-0.05, 0) is 31.6 Å². The Morgan fingerprint density at radius 3 is 2.69 bits per heavy atom. The van der Waals surface area contributed by atoms with Crippen LogP contribution in [0.1, 0.15) is 59.3 Å². The Morgan fingerprint density at radius 1 is 1.31 bits per heavy atom.